The standard InChI is InChI=1S/C17H21N3O9/c1-7(21)16(8(2)22,28-10(4)24)17(9(3)23)13(26)12(25)14(29-17)20-6-5-11(18)19-15(20)27/h5-6,12-14,25-26H,1-4H3,(H2,18,19,27)/t12-,13+,14-,17+/m1/s1. The van der Waals surface area contributed by atoms with Crippen LogP contribution in [0.5, 0.6) is 0 Å². The second kappa shape index (κ2) is 7.46. The van der Waals surface area contributed by atoms with Crippen LogP contribution in [0.25, 0.3) is 0 Å². The zero-order chi connectivity index (χ0) is 22.3. The molecule has 1 aromatic heterocycles. The average molecular weight is 411 g/mol. The quantitative estimate of drug-likeness (QED) is 0.343. The number of anilines is 1. The molecule has 4 N–H and O–H groups in total. The number of nitrogens with two attached hydrogens (primary N) is 1. The van der Waals surface area contributed by atoms with Gasteiger partial charge in [-0.2, -0.15) is 4.98 Å². The van der Waals surface area contributed by atoms with E-state index in [1.165, 1.54) is 6.07 Å². The number of rotatable bonds is 6. The van der Waals surface area contributed by atoms with E-state index in [1.807, 2.05) is 0 Å². The SMILES string of the molecule is CC(=O)OC(C(C)=O)(C(C)=O)[C@@]1(C(C)=O)O[C@@H](n2ccc(N)nc2=O)[C@H](O)[C@@H]1O. The zero-order valence-corrected chi connectivity index (χ0v) is 16.1. The van der Waals surface area contributed by atoms with Gasteiger partial charge in [0.2, 0.25) is 5.60 Å². The number of carbonyl (C=O) groups is 4. The highest BCUT2D eigenvalue weighted by Gasteiger charge is 2.74. The van der Waals surface area contributed by atoms with Crippen LogP contribution in [0.15, 0.2) is 17.1 Å². The molecule has 1 aliphatic heterocycles. The van der Waals surface area contributed by atoms with Crippen molar-refractivity contribution in [1.82, 2.24) is 9.55 Å². The minimum atomic E-state index is -2.90. The molecule has 0 saturated carbocycles. The Bertz CT molecular complexity index is 926. The van der Waals surface area contributed by atoms with E-state index < -0.39 is 58.6 Å². The monoisotopic (exact) mass is 411 g/mol. The van der Waals surface area contributed by atoms with Crippen molar-refractivity contribution in [2.24, 2.45) is 0 Å². The molecule has 0 aromatic carbocycles. The van der Waals surface area contributed by atoms with Crippen molar-refractivity contribution in [3.05, 3.63) is 22.7 Å². The number of hydrogen-bond donors (Lipinski definition) is 3. The van der Waals surface area contributed by atoms with Crippen molar-refractivity contribution in [3.8, 4) is 0 Å². The number of Topliss-reactive ketones (excluding diaryl/α,β-unsaturated/α-hetero) is 3. The van der Waals surface area contributed by atoms with Gasteiger partial charge in [0.1, 0.15) is 18.0 Å². The number of esters is 1. The van der Waals surface area contributed by atoms with Crippen LogP contribution in [0.2, 0.25) is 0 Å². The average Bonchev–Trinajstić information content (AvgIpc) is 2.85. The van der Waals surface area contributed by atoms with E-state index in [0.29, 0.717) is 4.57 Å². The Morgan fingerprint density at radius 3 is 2.17 bits per heavy atom. The van der Waals surface area contributed by atoms with E-state index in [9.17, 15) is 34.2 Å². The number of aliphatic hydroxyl groups is 2. The van der Waals surface area contributed by atoms with E-state index in [2.05, 4.69) is 4.98 Å². The molecule has 0 spiro atoms. The highest BCUT2D eigenvalue weighted by molar-refractivity contribution is 6.16. The van der Waals surface area contributed by atoms with Crippen LogP contribution in [0, 0.1) is 0 Å². The minimum absolute atomic E-state index is 0.140. The fourth-order valence-electron chi connectivity index (χ4n) is 3.60. The van der Waals surface area contributed by atoms with Gasteiger partial charge in [-0.05, 0) is 26.8 Å². The molecule has 158 valence electrons. The molecule has 4 atom stereocenters. The molecule has 29 heavy (non-hydrogen) atoms. The van der Waals surface area contributed by atoms with Crippen LogP contribution in [0.1, 0.15) is 33.9 Å². The van der Waals surface area contributed by atoms with Crippen LogP contribution in [0.4, 0.5) is 5.82 Å². The van der Waals surface area contributed by atoms with Crippen molar-refractivity contribution >= 4 is 29.1 Å². The summed E-state index contributed by atoms with van der Waals surface area (Å²) in [6.07, 6.45) is -4.86. The predicted octanol–water partition coefficient (Wildman–Crippen LogP) is -2.12. The van der Waals surface area contributed by atoms with Gasteiger partial charge >= 0.3 is 11.7 Å². The fraction of sp³-hybridized carbons (Fsp3) is 0.529. The van der Waals surface area contributed by atoms with E-state index in [0.717, 1.165) is 33.9 Å². The summed E-state index contributed by atoms with van der Waals surface area (Å²) in [5, 5.41) is 21.3. The van der Waals surface area contributed by atoms with Gasteiger partial charge in [0.25, 0.3) is 5.60 Å². The third kappa shape index (κ3) is 3.14. The summed E-state index contributed by atoms with van der Waals surface area (Å²) in [6, 6.07) is 1.19. The van der Waals surface area contributed by atoms with Gasteiger partial charge in [-0.1, -0.05) is 0 Å². The molecular formula is C17H21N3O9. The van der Waals surface area contributed by atoms with Gasteiger partial charge in [-0.3, -0.25) is 23.7 Å². The lowest BCUT2D eigenvalue weighted by molar-refractivity contribution is -0.220. The summed E-state index contributed by atoms with van der Waals surface area (Å²) < 4.78 is 11.2. The molecule has 2 heterocycles. The Morgan fingerprint density at radius 2 is 1.76 bits per heavy atom. The van der Waals surface area contributed by atoms with E-state index >= 15 is 0 Å². The van der Waals surface area contributed by atoms with Crippen molar-refractivity contribution in [1.29, 1.82) is 0 Å². The number of ketones is 3. The van der Waals surface area contributed by atoms with Crippen LogP contribution in [-0.4, -0.2) is 66.5 Å². The van der Waals surface area contributed by atoms with Gasteiger partial charge in [0.05, 0.1) is 0 Å². The molecule has 12 nitrogen and oxygen atoms in total. The Kier molecular flexibility index (Phi) is 5.75. The van der Waals surface area contributed by atoms with E-state index in [1.54, 1.807) is 0 Å². The van der Waals surface area contributed by atoms with Crippen LogP contribution < -0.4 is 11.4 Å². The molecule has 12 heteroatoms. The lowest BCUT2D eigenvalue weighted by Gasteiger charge is -2.43. The Balaban J connectivity index is 2.80. The molecule has 1 aliphatic rings. The van der Waals surface area contributed by atoms with Crippen LogP contribution >= 0.6 is 0 Å². The lowest BCUT2D eigenvalue weighted by atomic mass is 9.71. The molecule has 0 aliphatic carbocycles. The zero-order valence-electron chi connectivity index (χ0n) is 16.1. The Hall–Kier alpha value is -2.96. The summed E-state index contributed by atoms with van der Waals surface area (Å²) in [5.41, 5.74) is -1.30. The molecular weight excluding hydrogens is 390 g/mol. The van der Waals surface area contributed by atoms with E-state index in [4.69, 9.17) is 15.2 Å². The second-order valence-electron chi connectivity index (χ2n) is 6.67. The summed E-state index contributed by atoms with van der Waals surface area (Å²) in [6.45, 7) is 3.49. The summed E-state index contributed by atoms with van der Waals surface area (Å²) in [7, 11) is 0. The number of nitrogen functional groups attached to an aromatic ring is 1. The number of carbonyl (C=O) groups excluding carboxylic acids is 4. The van der Waals surface area contributed by atoms with Crippen molar-refractivity contribution in [3.63, 3.8) is 0 Å². The van der Waals surface area contributed by atoms with E-state index in [-0.39, 0.29) is 5.82 Å². The maximum atomic E-state index is 12.7. The van der Waals surface area contributed by atoms with Crippen LogP contribution in [-0.2, 0) is 28.7 Å². The number of aromatic nitrogens is 2. The molecule has 1 aromatic rings. The third-order valence-electron chi connectivity index (χ3n) is 4.80. The number of ether oxygens (including phenoxy) is 2. The molecule has 2 rings (SSSR count). The van der Waals surface area contributed by atoms with Gasteiger partial charge < -0.3 is 25.4 Å². The number of aliphatic hydroxyl groups excluding tert-OH is 2. The van der Waals surface area contributed by atoms with Crippen LogP contribution in [0.3, 0.4) is 0 Å². The van der Waals surface area contributed by atoms with Gasteiger partial charge in [-0.25, -0.2) is 4.79 Å². The highest BCUT2D eigenvalue weighted by Crippen LogP contribution is 2.46. The molecule has 0 radical (unpaired) electrons. The predicted molar refractivity (Wildman–Crippen MR) is 94.3 cm³/mol. The van der Waals surface area contributed by atoms with Gasteiger partial charge in [0.15, 0.2) is 23.6 Å². The first-order chi connectivity index (χ1) is 13.3. The summed E-state index contributed by atoms with van der Waals surface area (Å²) >= 11 is 0. The number of hydrogen-bond acceptors (Lipinski definition) is 11. The van der Waals surface area contributed by atoms with Gasteiger partial charge in [-0.15, -0.1) is 0 Å². The molecule has 1 fully saturated rings. The minimum Gasteiger partial charge on any atom is -0.439 e. The maximum absolute atomic E-state index is 12.7. The van der Waals surface area contributed by atoms with Crippen molar-refractivity contribution < 1.29 is 38.9 Å². The smallest absolute Gasteiger partial charge is 0.351 e. The summed E-state index contributed by atoms with van der Waals surface area (Å²) in [4.78, 5) is 65.0. The second-order valence-corrected chi connectivity index (χ2v) is 6.67. The first-order valence-electron chi connectivity index (χ1n) is 8.44. The largest absolute Gasteiger partial charge is 0.439 e. The first-order valence-corrected chi connectivity index (χ1v) is 8.44. The molecule has 0 amide bonds. The number of nitrogens with zero attached hydrogens (tertiary/aromatic N) is 2. The lowest BCUT2D eigenvalue weighted by Crippen LogP contribution is -2.72. The van der Waals surface area contributed by atoms with Crippen molar-refractivity contribution in [2.45, 2.75) is 57.3 Å². The third-order valence-corrected chi connectivity index (χ3v) is 4.80. The molecule has 0 unspecified atom stereocenters. The highest BCUT2D eigenvalue weighted by atomic mass is 16.6. The Labute approximate surface area is 164 Å². The Morgan fingerprint density at radius 1 is 1.21 bits per heavy atom. The molecule has 1 saturated heterocycles. The first kappa shape index (κ1) is 22.3. The van der Waals surface area contributed by atoms with Crippen molar-refractivity contribution in [2.75, 3.05) is 5.73 Å². The normalized spacial score (nSPS) is 26.8. The topological polar surface area (TPSA) is 188 Å². The molecule has 0 bridgehead atoms. The summed E-state index contributed by atoms with van der Waals surface area (Å²) in [5.74, 6) is -4.58. The fourth-order valence-corrected chi connectivity index (χ4v) is 3.60. The van der Waals surface area contributed by atoms with Gasteiger partial charge in [0, 0.05) is 13.1 Å². The maximum Gasteiger partial charge on any atom is 0.351 e.